The predicted molar refractivity (Wildman–Crippen MR) is 83.3 cm³/mol. The van der Waals surface area contributed by atoms with Crippen molar-refractivity contribution < 1.29 is 9.47 Å². The van der Waals surface area contributed by atoms with Crippen LogP contribution < -0.4 is 9.47 Å². The van der Waals surface area contributed by atoms with Gasteiger partial charge in [-0.05, 0) is 35.7 Å². The maximum absolute atomic E-state index is 6.49. The van der Waals surface area contributed by atoms with Crippen molar-refractivity contribution in [3.05, 3.63) is 58.6 Å². The first-order valence-corrected chi connectivity index (χ1v) is 7.06. The lowest BCUT2D eigenvalue weighted by atomic mass is 10.0. The molecule has 1 atom stereocenters. The Kier molecular flexibility index (Phi) is 5.16. The number of halogens is 2. The zero-order valence-corrected chi connectivity index (χ0v) is 12.9. The van der Waals surface area contributed by atoms with Crippen molar-refractivity contribution in [3.63, 3.8) is 0 Å². The van der Waals surface area contributed by atoms with Gasteiger partial charge in [0.25, 0.3) is 0 Å². The van der Waals surface area contributed by atoms with Gasteiger partial charge < -0.3 is 9.47 Å². The predicted octanol–water partition coefficient (Wildman–Crippen LogP) is 4.88. The molecular formula is C16H16Cl2O2. The van der Waals surface area contributed by atoms with Gasteiger partial charge in [-0.15, -0.1) is 11.6 Å². The molecule has 0 radical (unpaired) electrons. The molecule has 2 nitrogen and oxygen atoms in total. The molecule has 0 saturated carbocycles. The second kappa shape index (κ2) is 6.87. The zero-order chi connectivity index (χ0) is 14.5. The lowest BCUT2D eigenvalue weighted by molar-refractivity contribution is 0.409. The third-order valence-electron chi connectivity index (χ3n) is 3.14. The van der Waals surface area contributed by atoms with E-state index in [0.29, 0.717) is 11.4 Å². The van der Waals surface area contributed by atoms with E-state index in [0.717, 1.165) is 22.6 Å². The van der Waals surface area contributed by atoms with Crippen LogP contribution in [0.5, 0.6) is 11.5 Å². The van der Waals surface area contributed by atoms with Crippen LogP contribution >= 0.6 is 23.2 Å². The molecule has 4 heteroatoms. The molecule has 0 spiro atoms. The number of benzene rings is 2. The molecule has 2 aromatic carbocycles. The first-order chi connectivity index (χ1) is 9.65. The number of alkyl halides is 1. The van der Waals surface area contributed by atoms with Crippen molar-refractivity contribution in [2.75, 3.05) is 14.2 Å². The second-order valence-corrected chi connectivity index (χ2v) is 5.30. The Bertz CT molecular complexity index is 584. The van der Waals surface area contributed by atoms with Crippen LogP contribution in [0.1, 0.15) is 16.5 Å². The molecule has 0 heterocycles. The lowest BCUT2D eigenvalue weighted by Crippen LogP contribution is -1.99. The number of methoxy groups -OCH3 is 2. The first-order valence-electron chi connectivity index (χ1n) is 6.25. The van der Waals surface area contributed by atoms with E-state index in [1.54, 1.807) is 20.3 Å². The maximum Gasteiger partial charge on any atom is 0.122 e. The molecule has 0 aliphatic heterocycles. The van der Waals surface area contributed by atoms with Gasteiger partial charge in [0, 0.05) is 5.02 Å². The summed E-state index contributed by atoms with van der Waals surface area (Å²) in [5, 5.41) is 0.393. The Morgan fingerprint density at radius 1 is 1.05 bits per heavy atom. The largest absolute Gasteiger partial charge is 0.497 e. The van der Waals surface area contributed by atoms with Crippen LogP contribution in [-0.4, -0.2) is 14.2 Å². The van der Waals surface area contributed by atoms with Crippen LogP contribution in [0.2, 0.25) is 5.02 Å². The van der Waals surface area contributed by atoms with Crippen LogP contribution in [0.3, 0.4) is 0 Å². The Hall–Kier alpha value is -1.38. The van der Waals surface area contributed by atoms with Crippen LogP contribution in [0.25, 0.3) is 0 Å². The number of hydrogen-bond donors (Lipinski definition) is 0. The van der Waals surface area contributed by atoms with Crippen LogP contribution in [0.15, 0.2) is 42.5 Å². The summed E-state index contributed by atoms with van der Waals surface area (Å²) in [4.78, 5) is 0. The van der Waals surface area contributed by atoms with E-state index < -0.39 is 0 Å². The second-order valence-electron chi connectivity index (χ2n) is 4.37. The summed E-state index contributed by atoms with van der Waals surface area (Å²) in [6, 6.07) is 13.4. The van der Waals surface area contributed by atoms with E-state index in [1.807, 2.05) is 36.4 Å². The Morgan fingerprint density at radius 2 is 1.80 bits per heavy atom. The zero-order valence-electron chi connectivity index (χ0n) is 11.4. The van der Waals surface area contributed by atoms with Crippen molar-refractivity contribution in [2.45, 2.75) is 11.8 Å². The minimum atomic E-state index is -0.218. The monoisotopic (exact) mass is 310 g/mol. The summed E-state index contributed by atoms with van der Waals surface area (Å²) in [5.74, 6) is 1.56. The molecule has 1 unspecified atom stereocenters. The highest BCUT2D eigenvalue weighted by Gasteiger charge is 2.15. The molecule has 106 valence electrons. The Morgan fingerprint density at radius 3 is 2.45 bits per heavy atom. The van der Waals surface area contributed by atoms with Gasteiger partial charge in [0.2, 0.25) is 0 Å². The topological polar surface area (TPSA) is 18.5 Å². The standard InChI is InChI=1S/C16H16Cl2O2/c1-19-12-7-8-13(15(18)10-12)14(17)9-11-5-3-4-6-16(11)20-2/h3-8,10,14H,9H2,1-2H3. The molecule has 2 rings (SSSR count). The fraction of sp³-hybridized carbons (Fsp3) is 0.250. The maximum atomic E-state index is 6.49. The minimum Gasteiger partial charge on any atom is -0.497 e. The van der Waals surface area contributed by atoms with Gasteiger partial charge in [-0.3, -0.25) is 0 Å². The molecular weight excluding hydrogens is 295 g/mol. The van der Waals surface area contributed by atoms with Crippen molar-refractivity contribution >= 4 is 23.2 Å². The molecule has 2 aromatic rings. The van der Waals surface area contributed by atoms with Gasteiger partial charge in [-0.25, -0.2) is 0 Å². The highest BCUT2D eigenvalue weighted by molar-refractivity contribution is 6.33. The summed E-state index contributed by atoms with van der Waals surface area (Å²) in [6.45, 7) is 0. The van der Waals surface area contributed by atoms with E-state index in [9.17, 15) is 0 Å². The normalized spacial score (nSPS) is 12.0. The Balaban J connectivity index is 2.21. The molecule has 0 bridgehead atoms. The van der Waals surface area contributed by atoms with E-state index >= 15 is 0 Å². The molecule has 0 aromatic heterocycles. The molecule has 0 aliphatic rings. The van der Waals surface area contributed by atoms with E-state index in [1.165, 1.54) is 0 Å². The van der Waals surface area contributed by atoms with Crippen LogP contribution in [0.4, 0.5) is 0 Å². The fourth-order valence-electron chi connectivity index (χ4n) is 2.06. The molecule has 0 amide bonds. The summed E-state index contributed by atoms with van der Waals surface area (Å²) < 4.78 is 10.5. The Labute approximate surface area is 129 Å². The van der Waals surface area contributed by atoms with Crippen molar-refractivity contribution in [1.29, 1.82) is 0 Å². The summed E-state index contributed by atoms with van der Waals surface area (Å²) in [7, 11) is 3.26. The van der Waals surface area contributed by atoms with Gasteiger partial charge >= 0.3 is 0 Å². The summed E-state index contributed by atoms with van der Waals surface area (Å²) >= 11 is 12.7. The van der Waals surface area contributed by atoms with Gasteiger partial charge in [-0.1, -0.05) is 35.9 Å². The molecule has 0 saturated heterocycles. The van der Waals surface area contributed by atoms with Gasteiger partial charge in [-0.2, -0.15) is 0 Å². The average molecular weight is 311 g/mol. The fourth-order valence-corrected chi connectivity index (χ4v) is 2.78. The van der Waals surface area contributed by atoms with Crippen LogP contribution in [-0.2, 0) is 6.42 Å². The SMILES string of the molecule is COc1ccc(C(Cl)Cc2ccccc2OC)c(Cl)c1. The van der Waals surface area contributed by atoms with Crippen molar-refractivity contribution in [1.82, 2.24) is 0 Å². The average Bonchev–Trinajstić information content (AvgIpc) is 2.47. The number of rotatable bonds is 5. The van der Waals surface area contributed by atoms with Crippen LogP contribution in [0, 0.1) is 0 Å². The summed E-state index contributed by atoms with van der Waals surface area (Å²) in [5.41, 5.74) is 1.95. The highest BCUT2D eigenvalue weighted by Crippen LogP contribution is 2.34. The minimum absolute atomic E-state index is 0.218. The number of para-hydroxylation sites is 1. The van der Waals surface area contributed by atoms with Crippen molar-refractivity contribution in [3.8, 4) is 11.5 Å². The van der Waals surface area contributed by atoms with E-state index in [4.69, 9.17) is 32.7 Å². The molecule has 0 N–H and O–H groups in total. The van der Waals surface area contributed by atoms with E-state index in [2.05, 4.69) is 0 Å². The molecule has 20 heavy (non-hydrogen) atoms. The highest BCUT2D eigenvalue weighted by atomic mass is 35.5. The third-order valence-corrected chi connectivity index (χ3v) is 3.85. The van der Waals surface area contributed by atoms with Crippen molar-refractivity contribution in [2.24, 2.45) is 0 Å². The van der Waals surface area contributed by atoms with Gasteiger partial charge in [0.05, 0.1) is 19.6 Å². The third kappa shape index (κ3) is 3.38. The van der Waals surface area contributed by atoms with E-state index in [-0.39, 0.29) is 5.38 Å². The number of ether oxygens (including phenoxy) is 2. The molecule has 0 aliphatic carbocycles. The quantitative estimate of drug-likeness (QED) is 0.733. The number of hydrogen-bond acceptors (Lipinski definition) is 2. The van der Waals surface area contributed by atoms with Gasteiger partial charge in [0.15, 0.2) is 0 Å². The summed E-state index contributed by atoms with van der Waals surface area (Å²) in [6.07, 6.45) is 0.650. The first kappa shape index (κ1) is 15.0. The van der Waals surface area contributed by atoms with Gasteiger partial charge in [0.1, 0.15) is 11.5 Å². The smallest absolute Gasteiger partial charge is 0.122 e. The lowest BCUT2D eigenvalue weighted by Gasteiger charge is -2.14. The molecule has 0 fully saturated rings.